The second-order valence-electron chi connectivity index (χ2n) is 5.61. The van der Waals surface area contributed by atoms with Gasteiger partial charge in [-0.1, -0.05) is 23.7 Å². The maximum Gasteiger partial charge on any atom is 0.200 e. The first kappa shape index (κ1) is 14.3. The molecule has 2 aromatic heterocycles. The van der Waals surface area contributed by atoms with Crippen LogP contribution in [0.2, 0.25) is 5.02 Å². The van der Waals surface area contributed by atoms with Crippen LogP contribution >= 0.6 is 11.6 Å². The summed E-state index contributed by atoms with van der Waals surface area (Å²) in [6, 6.07) is 11.9. The summed E-state index contributed by atoms with van der Waals surface area (Å²) in [6.45, 7) is 4.82. The summed E-state index contributed by atoms with van der Waals surface area (Å²) < 4.78 is 1.47. The zero-order chi connectivity index (χ0) is 15.6. The molecule has 118 valence electrons. The van der Waals surface area contributed by atoms with Crippen LogP contribution in [-0.2, 0) is 6.54 Å². The average Bonchev–Trinajstić information content (AvgIpc) is 3.05. The first-order chi connectivity index (χ1) is 11.3. The number of fused-ring (bicyclic) bond motifs is 1. The van der Waals surface area contributed by atoms with Gasteiger partial charge in [0.1, 0.15) is 0 Å². The molecule has 0 N–H and O–H groups in total. The number of rotatable bonds is 3. The van der Waals surface area contributed by atoms with Crippen molar-refractivity contribution in [2.24, 2.45) is 0 Å². The third kappa shape index (κ3) is 3.11. The Morgan fingerprint density at radius 2 is 1.74 bits per heavy atom. The molecule has 23 heavy (non-hydrogen) atoms. The van der Waals surface area contributed by atoms with E-state index < -0.39 is 0 Å². The SMILES string of the molecule is Clc1ccc(CN2CCN(c3ccc4nnnn4n3)CC2)cc1. The van der Waals surface area contributed by atoms with E-state index in [1.165, 1.54) is 10.2 Å². The van der Waals surface area contributed by atoms with Gasteiger partial charge in [0.15, 0.2) is 11.5 Å². The van der Waals surface area contributed by atoms with Crippen LogP contribution in [-0.4, -0.2) is 56.3 Å². The lowest BCUT2D eigenvalue weighted by molar-refractivity contribution is 0.249. The molecule has 7 nitrogen and oxygen atoms in total. The molecule has 1 aromatic carbocycles. The van der Waals surface area contributed by atoms with E-state index in [9.17, 15) is 0 Å². The van der Waals surface area contributed by atoms with E-state index in [1.807, 2.05) is 24.3 Å². The quantitative estimate of drug-likeness (QED) is 0.725. The summed E-state index contributed by atoms with van der Waals surface area (Å²) in [7, 11) is 0. The smallest absolute Gasteiger partial charge is 0.200 e. The lowest BCUT2D eigenvalue weighted by Gasteiger charge is -2.35. The molecule has 0 bridgehead atoms. The number of benzene rings is 1. The van der Waals surface area contributed by atoms with Crippen molar-refractivity contribution in [3.8, 4) is 0 Å². The third-order valence-electron chi connectivity index (χ3n) is 4.07. The fraction of sp³-hybridized carbons (Fsp3) is 0.333. The Balaban J connectivity index is 1.39. The lowest BCUT2D eigenvalue weighted by Crippen LogP contribution is -2.46. The first-order valence-corrected chi connectivity index (χ1v) is 7.93. The molecule has 0 spiro atoms. The van der Waals surface area contributed by atoms with Gasteiger partial charge in [-0.05, 0) is 40.3 Å². The molecular formula is C15H16ClN7. The fourth-order valence-electron chi connectivity index (χ4n) is 2.79. The summed E-state index contributed by atoms with van der Waals surface area (Å²) in [6.07, 6.45) is 0. The molecule has 0 amide bonds. The van der Waals surface area contributed by atoms with Crippen molar-refractivity contribution >= 4 is 23.1 Å². The minimum Gasteiger partial charge on any atom is -0.353 e. The molecule has 4 rings (SSSR count). The number of hydrogen-bond acceptors (Lipinski definition) is 6. The molecule has 3 heterocycles. The Hall–Kier alpha value is -2.25. The fourth-order valence-corrected chi connectivity index (χ4v) is 2.92. The van der Waals surface area contributed by atoms with Gasteiger partial charge in [-0.3, -0.25) is 4.90 Å². The monoisotopic (exact) mass is 329 g/mol. The maximum absolute atomic E-state index is 5.93. The van der Waals surface area contributed by atoms with Gasteiger partial charge in [0.05, 0.1) is 0 Å². The molecule has 0 atom stereocenters. The van der Waals surface area contributed by atoms with Gasteiger partial charge >= 0.3 is 0 Å². The largest absolute Gasteiger partial charge is 0.353 e. The summed E-state index contributed by atoms with van der Waals surface area (Å²) in [5.74, 6) is 0.913. The standard InChI is InChI=1S/C15H16ClN7/c16-13-3-1-12(2-4-13)11-21-7-9-22(10-8-21)15-6-5-14-17-19-20-23(14)18-15/h1-6H,7-11H2. The molecule has 0 radical (unpaired) electrons. The maximum atomic E-state index is 5.93. The van der Waals surface area contributed by atoms with Crippen LogP contribution < -0.4 is 4.90 Å². The second kappa shape index (κ2) is 6.10. The van der Waals surface area contributed by atoms with E-state index in [-0.39, 0.29) is 0 Å². The minimum atomic E-state index is 0.662. The number of tetrazole rings is 1. The normalized spacial score (nSPS) is 16.1. The van der Waals surface area contributed by atoms with Crippen molar-refractivity contribution in [1.29, 1.82) is 0 Å². The molecule has 1 aliphatic rings. The minimum absolute atomic E-state index is 0.662. The number of anilines is 1. The Labute approximate surface area is 138 Å². The predicted molar refractivity (Wildman–Crippen MR) is 87.5 cm³/mol. The lowest BCUT2D eigenvalue weighted by atomic mass is 10.2. The Kier molecular flexibility index (Phi) is 3.80. The number of nitrogens with zero attached hydrogens (tertiary/aromatic N) is 7. The van der Waals surface area contributed by atoms with Gasteiger partial charge in [0.2, 0.25) is 0 Å². The van der Waals surface area contributed by atoms with Crippen LogP contribution in [0.15, 0.2) is 36.4 Å². The molecule has 3 aromatic rings. The van der Waals surface area contributed by atoms with Crippen molar-refractivity contribution in [3.05, 3.63) is 47.0 Å². The van der Waals surface area contributed by atoms with Crippen LogP contribution in [0.4, 0.5) is 5.82 Å². The van der Waals surface area contributed by atoms with E-state index in [4.69, 9.17) is 11.6 Å². The third-order valence-corrected chi connectivity index (χ3v) is 4.32. The zero-order valence-corrected chi connectivity index (χ0v) is 13.3. The van der Waals surface area contributed by atoms with Crippen molar-refractivity contribution in [2.75, 3.05) is 31.1 Å². The molecule has 0 unspecified atom stereocenters. The molecule has 1 fully saturated rings. The van der Waals surface area contributed by atoms with E-state index in [2.05, 4.69) is 42.6 Å². The Morgan fingerprint density at radius 1 is 0.957 bits per heavy atom. The van der Waals surface area contributed by atoms with Crippen molar-refractivity contribution in [3.63, 3.8) is 0 Å². The highest BCUT2D eigenvalue weighted by Gasteiger charge is 2.18. The molecule has 1 saturated heterocycles. The summed E-state index contributed by atoms with van der Waals surface area (Å²) in [4.78, 5) is 4.70. The highest BCUT2D eigenvalue weighted by molar-refractivity contribution is 6.30. The Morgan fingerprint density at radius 3 is 2.52 bits per heavy atom. The van der Waals surface area contributed by atoms with Gasteiger partial charge < -0.3 is 4.90 Å². The Bertz CT molecular complexity index is 793. The van der Waals surface area contributed by atoms with Gasteiger partial charge in [-0.2, -0.15) is 0 Å². The van der Waals surface area contributed by atoms with Crippen molar-refractivity contribution in [2.45, 2.75) is 6.54 Å². The number of hydrogen-bond donors (Lipinski definition) is 0. The van der Waals surface area contributed by atoms with Crippen molar-refractivity contribution in [1.82, 2.24) is 30.2 Å². The van der Waals surface area contributed by atoms with Crippen LogP contribution in [0.3, 0.4) is 0 Å². The van der Waals surface area contributed by atoms with E-state index in [1.54, 1.807) is 0 Å². The summed E-state index contributed by atoms with van der Waals surface area (Å²) >= 11 is 5.93. The van der Waals surface area contributed by atoms with Crippen LogP contribution in [0.25, 0.3) is 5.65 Å². The molecule has 0 saturated carbocycles. The summed E-state index contributed by atoms with van der Waals surface area (Å²) in [5.41, 5.74) is 1.95. The second-order valence-corrected chi connectivity index (χ2v) is 6.04. The molecule has 0 aliphatic carbocycles. The highest BCUT2D eigenvalue weighted by atomic mass is 35.5. The number of aromatic nitrogens is 5. The zero-order valence-electron chi connectivity index (χ0n) is 12.5. The first-order valence-electron chi connectivity index (χ1n) is 7.55. The van der Waals surface area contributed by atoms with E-state index in [0.29, 0.717) is 5.65 Å². The van der Waals surface area contributed by atoms with Crippen LogP contribution in [0, 0.1) is 0 Å². The van der Waals surface area contributed by atoms with E-state index >= 15 is 0 Å². The predicted octanol–water partition coefficient (Wildman–Crippen LogP) is 1.49. The molecule has 1 aliphatic heterocycles. The van der Waals surface area contributed by atoms with E-state index in [0.717, 1.165) is 43.6 Å². The number of piperazine rings is 1. The van der Waals surface area contributed by atoms with Gasteiger partial charge in [0, 0.05) is 37.7 Å². The van der Waals surface area contributed by atoms with Gasteiger partial charge in [-0.15, -0.1) is 14.8 Å². The molecular weight excluding hydrogens is 314 g/mol. The van der Waals surface area contributed by atoms with Crippen LogP contribution in [0.5, 0.6) is 0 Å². The summed E-state index contributed by atoms with van der Waals surface area (Å²) in [5, 5.41) is 16.6. The van der Waals surface area contributed by atoms with Gasteiger partial charge in [-0.25, -0.2) is 0 Å². The van der Waals surface area contributed by atoms with Gasteiger partial charge in [0.25, 0.3) is 0 Å². The topological polar surface area (TPSA) is 62.5 Å². The molecule has 8 heteroatoms. The van der Waals surface area contributed by atoms with Crippen molar-refractivity contribution < 1.29 is 0 Å². The highest BCUT2D eigenvalue weighted by Crippen LogP contribution is 2.16. The number of halogens is 1. The average molecular weight is 330 g/mol. The van der Waals surface area contributed by atoms with Crippen LogP contribution in [0.1, 0.15) is 5.56 Å².